The molecule has 220 valence electrons. The van der Waals surface area contributed by atoms with Crippen molar-refractivity contribution in [3.63, 3.8) is 0 Å². The van der Waals surface area contributed by atoms with Crippen molar-refractivity contribution < 1.29 is 28.3 Å². The van der Waals surface area contributed by atoms with Crippen LogP contribution in [-0.2, 0) is 14.9 Å². The first-order valence-corrected chi connectivity index (χ1v) is 15.0. The lowest BCUT2D eigenvalue weighted by molar-refractivity contribution is 0.0567. The number of aromatic carboxylic acids is 1. The molecule has 0 amide bonds. The fourth-order valence-electron chi connectivity index (χ4n) is 4.91. The zero-order chi connectivity index (χ0) is 29.9. The van der Waals surface area contributed by atoms with E-state index in [0.29, 0.717) is 45.5 Å². The molecule has 1 fully saturated rings. The standard InChI is InChI=1S/C30H33N5O6S/c1-20-18-25-26(19-24(20)30(37)38)32-29(36)27(25)28(21-6-4-3-5-7-21)31-22-8-10-23(11-9-22)42(39,40)33-41-17-16-35-14-12-34(2)13-15-35/h3-11,18-19,32-33,36H,12-17H2,1-2H3,(H,37,38). The Morgan fingerprint density at radius 1 is 1.05 bits per heavy atom. The molecule has 1 aromatic heterocycles. The van der Waals surface area contributed by atoms with Gasteiger partial charge in [0.2, 0.25) is 0 Å². The number of aliphatic imine (C=N–C) groups is 1. The molecule has 0 bridgehead atoms. The summed E-state index contributed by atoms with van der Waals surface area (Å²) in [5.41, 5.74) is 3.12. The molecule has 4 N–H and O–H groups in total. The first kappa shape index (κ1) is 29.4. The average molecular weight is 592 g/mol. The fraction of sp³-hybridized carbons (Fsp3) is 0.267. The van der Waals surface area contributed by atoms with Gasteiger partial charge in [-0.05, 0) is 55.9 Å². The highest BCUT2D eigenvalue weighted by Crippen LogP contribution is 2.33. The number of rotatable bonds is 10. The van der Waals surface area contributed by atoms with Gasteiger partial charge in [0.05, 0.1) is 34.0 Å². The highest BCUT2D eigenvalue weighted by Gasteiger charge is 2.21. The first-order valence-electron chi connectivity index (χ1n) is 13.5. The molecule has 0 aliphatic carbocycles. The Bertz CT molecular complexity index is 1710. The number of H-pyrrole nitrogens is 1. The molecular formula is C30H33N5O6S. The van der Waals surface area contributed by atoms with Crippen LogP contribution in [0.25, 0.3) is 10.9 Å². The van der Waals surface area contributed by atoms with E-state index >= 15 is 0 Å². The van der Waals surface area contributed by atoms with Gasteiger partial charge in [0, 0.05) is 49.2 Å². The molecule has 12 heteroatoms. The highest BCUT2D eigenvalue weighted by atomic mass is 32.2. The van der Waals surface area contributed by atoms with Crippen LogP contribution >= 0.6 is 0 Å². The van der Waals surface area contributed by atoms with Gasteiger partial charge in [0.25, 0.3) is 10.0 Å². The molecule has 3 aromatic carbocycles. The number of aryl methyl sites for hydroxylation is 1. The number of aromatic amines is 1. The van der Waals surface area contributed by atoms with E-state index in [1.54, 1.807) is 25.1 Å². The Morgan fingerprint density at radius 2 is 1.74 bits per heavy atom. The number of carboxylic acids is 1. The summed E-state index contributed by atoms with van der Waals surface area (Å²) in [4.78, 5) is 31.3. The van der Waals surface area contributed by atoms with Crippen LogP contribution in [0.1, 0.15) is 27.0 Å². The highest BCUT2D eigenvalue weighted by molar-refractivity contribution is 7.89. The maximum atomic E-state index is 12.8. The Hall–Kier alpha value is -4.07. The van der Waals surface area contributed by atoms with E-state index < -0.39 is 16.0 Å². The number of carboxylic acid groups (broad SMARTS) is 1. The Kier molecular flexibility index (Phi) is 8.71. The summed E-state index contributed by atoms with van der Waals surface area (Å²) >= 11 is 0. The molecule has 11 nitrogen and oxygen atoms in total. The largest absolute Gasteiger partial charge is 0.494 e. The molecule has 42 heavy (non-hydrogen) atoms. The van der Waals surface area contributed by atoms with Crippen molar-refractivity contribution >= 4 is 38.3 Å². The number of fused-ring (bicyclic) bond motifs is 1. The molecule has 1 aliphatic rings. The van der Waals surface area contributed by atoms with Gasteiger partial charge in [-0.2, -0.15) is 0 Å². The van der Waals surface area contributed by atoms with Crippen LogP contribution in [0.2, 0.25) is 0 Å². The number of hydrogen-bond acceptors (Lipinski definition) is 8. The average Bonchev–Trinajstić information content (AvgIpc) is 3.29. The Morgan fingerprint density at radius 3 is 2.40 bits per heavy atom. The Balaban J connectivity index is 1.39. The molecule has 5 rings (SSSR count). The summed E-state index contributed by atoms with van der Waals surface area (Å²) in [6.45, 7) is 6.32. The zero-order valence-electron chi connectivity index (χ0n) is 23.4. The number of piperazine rings is 1. The number of benzene rings is 3. The number of likely N-dealkylation sites (N-methyl/N-ethyl adjacent to an activating group) is 1. The number of nitrogens with zero attached hydrogens (tertiary/aromatic N) is 3. The second kappa shape index (κ2) is 12.4. The van der Waals surface area contributed by atoms with E-state index in [1.807, 2.05) is 30.3 Å². The maximum Gasteiger partial charge on any atom is 0.336 e. The van der Waals surface area contributed by atoms with Gasteiger partial charge in [-0.15, -0.1) is 0 Å². The zero-order valence-corrected chi connectivity index (χ0v) is 24.2. The van der Waals surface area contributed by atoms with Crippen LogP contribution in [0.5, 0.6) is 5.88 Å². The molecule has 1 saturated heterocycles. The minimum absolute atomic E-state index is 0.0223. The molecule has 0 saturated carbocycles. The predicted molar refractivity (Wildman–Crippen MR) is 160 cm³/mol. The maximum absolute atomic E-state index is 12.8. The number of hydrogen-bond donors (Lipinski definition) is 4. The van der Waals surface area contributed by atoms with Crippen LogP contribution in [-0.4, -0.2) is 91.5 Å². The summed E-state index contributed by atoms with van der Waals surface area (Å²) in [5.74, 6) is -1.22. The molecule has 0 unspecified atom stereocenters. The summed E-state index contributed by atoms with van der Waals surface area (Å²) < 4.78 is 25.6. The number of aromatic nitrogens is 1. The summed E-state index contributed by atoms with van der Waals surface area (Å²) in [6, 6.07) is 18.4. The van der Waals surface area contributed by atoms with E-state index in [1.165, 1.54) is 18.2 Å². The van der Waals surface area contributed by atoms with Gasteiger partial charge < -0.3 is 20.1 Å². The quantitative estimate of drug-likeness (QED) is 0.124. The number of nitrogens with one attached hydrogen (secondary N) is 2. The van der Waals surface area contributed by atoms with Gasteiger partial charge in [-0.25, -0.2) is 18.2 Å². The van der Waals surface area contributed by atoms with Crippen molar-refractivity contribution in [2.24, 2.45) is 4.99 Å². The lowest BCUT2D eigenvalue weighted by Gasteiger charge is -2.32. The predicted octanol–water partition coefficient (Wildman–Crippen LogP) is 3.51. The third-order valence-corrected chi connectivity index (χ3v) is 8.53. The summed E-state index contributed by atoms with van der Waals surface area (Å²) in [7, 11) is -1.83. The van der Waals surface area contributed by atoms with Crippen LogP contribution in [0.4, 0.5) is 5.69 Å². The smallest absolute Gasteiger partial charge is 0.336 e. The molecule has 0 spiro atoms. The van der Waals surface area contributed by atoms with Gasteiger partial charge >= 0.3 is 5.97 Å². The summed E-state index contributed by atoms with van der Waals surface area (Å²) in [6.07, 6.45) is 0. The Labute approximate surface area is 244 Å². The van der Waals surface area contributed by atoms with Crippen molar-refractivity contribution in [2.75, 3.05) is 46.4 Å². The van der Waals surface area contributed by atoms with Crippen LogP contribution in [0.15, 0.2) is 76.6 Å². The fourth-order valence-corrected chi connectivity index (χ4v) is 5.74. The molecular weight excluding hydrogens is 558 g/mol. The number of sulfonamides is 1. The number of aromatic hydroxyl groups is 1. The van der Waals surface area contributed by atoms with Crippen molar-refractivity contribution in [1.82, 2.24) is 19.7 Å². The van der Waals surface area contributed by atoms with Gasteiger partial charge in [0.15, 0.2) is 5.88 Å². The third-order valence-electron chi connectivity index (χ3n) is 7.30. The van der Waals surface area contributed by atoms with Crippen molar-refractivity contribution in [3.8, 4) is 5.88 Å². The molecule has 0 atom stereocenters. The van der Waals surface area contributed by atoms with Crippen molar-refractivity contribution in [2.45, 2.75) is 11.8 Å². The molecule has 2 heterocycles. The lowest BCUT2D eigenvalue weighted by atomic mass is 9.98. The SMILES string of the molecule is Cc1cc2c(C(=Nc3ccc(S(=O)(=O)NOCCN4CCN(C)CC4)cc3)c3ccccc3)c(O)[nH]c2cc1C(=O)O. The topological polar surface area (TPSA) is 148 Å². The second-order valence-electron chi connectivity index (χ2n) is 10.3. The van der Waals surface area contributed by atoms with Crippen molar-refractivity contribution in [3.05, 3.63) is 89.0 Å². The third kappa shape index (κ3) is 6.53. The van der Waals surface area contributed by atoms with Crippen LogP contribution in [0.3, 0.4) is 0 Å². The molecule has 0 radical (unpaired) electrons. The lowest BCUT2D eigenvalue weighted by Crippen LogP contribution is -2.45. The van der Waals surface area contributed by atoms with Gasteiger partial charge in [-0.3, -0.25) is 9.74 Å². The van der Waals surface area contributed by atoms with E-state index in [9.17, 15) is 23.4 Å². The van der Waals surface area contributed by atoms with Gasteiger partial charge in [-0.1, -0.05) is 35.2 Å². The molecule has 1 aliphatic heterocycles. The first-order chi connectivity index (χ1) is 20.1. The monoisotopic (exact) mass is 591 g/mol. The van der Waals surface area contributed by atoms with Gasteiger partial charge in [0.1, 0.15) is 0 Å². The van der Waals surface area contributed by atoms with E-state index in [2.05, 4.69) is 26.7 Å². The van der Waals surface area contributed by atoms with Crippen LogP contribution in [0, 0.1) is 6.92 Å². The minimum Gasteiger partial charge on any atom is -0.494 e. The molecule has 4 aromatic rings. The second-order valence-corrected chi connectivity index (χ2v) is 11.9. The van der Waals surface area contributed by atoms with Crippen molar-refractivity contribution in [1.29, 1.82) is 0 Å². The van der Waals surface area contributed by atoms with E-state index in [4.69, 9.17) is 9.83 Å². The minimum atomic E-state index is -3.90. The summed E-state index contributed by atoms with van der Waals surface area (Å²) in [5, 5.41) is 21.1. The van der Waals surface area contributed by atoms with E-state index in [-0.39, 0.29) is 22.9 Å². The van der Waals surface area contributed by atoms with Crippen LogP contribution < -0.4 is 4.89 Å². The number of carbonyl (C=O) groups is 1. The van der Waals surface area contributed by atoms with E-state index in [0.717, 1.165) is 26.2 Å². The normalized spacial score (nSPS) is 15.3.